The first kappa shape index (κ1) is 23.1. The maximum atomic E-state index is 13.0. The highest BCUT2D eigenvalue weighted by Gasteiger charge is 2.21. The highest BCUT2D eigenvalue weighted by Crippen LogP contribution is 2.31. The van der Waals surface area contributed by atoms with Crippen LogP contribution >= 0.6 is 0 Å². The van der Waals surface area contributed by atoms with E-state index in [2.05, 4.69) is 34.4 Å². The Morgan fingerprint density at radius 2 is 1.76 bits per heavy atom. The Morgan fingerprint density at radius 3 is 2.52 bits per heavy atom. The van der Waals surface area contributed by atoms with Crippen LogP contribution < -0.4 is 15.4 Å². The van der Waals surface area contributed by atoms with Crippen LogP contribution in [0.3, 0.4) is 0 Å². The van der Waals surface area contributed by atoms with Gasteiger partial charge in [-0.3, -0.25) is 4.79 Å². The van der Waals surface area contributed by atoms with Crippen molar-refractivity contribution in [3.05, 3.63) is 60.3 Å². The molecule has 1 aliphatic heterocycles. The van der Waals surface area contributed by atoms with Crippen molar-refractivity contribution in [2.45, 2.75) is 26.7 Å². The van der Waals surface area contributed by atoms with Crippen molar-refractivity contribution >= 4 is 28.2 Å². The molecule has 2 heterocycles. The van der Waals surface area contributed by atoms with Crippen molar-refractivity contribution in [1.29, 1.82) is 0 Å². The van der Waals surface area contributed by atoms with Crippen molar-refractivity contribution < 1.29 is 9.53 Å². The van der Waals surface area contributed by atoms with E-state index in [9.17, 15) is 4.79 Å². The number of methoxy groups -OCH3 is 1. The molecule has 0 bridgehead atoms. The normalized spacial score (nSPS) is 18.8. The van der Waals surface area contributed by atoms with E-state index < -0.39 is 0 Å². The number of likely N-dealkylation sites (tertiary alicyclic amines) is 1. The standard InChI is InChI=1S/C27H34N4O2/c1-19-15-20(2)18-31(17-19)14-8-13-28-27(32)23-16-29-26(22-10-5-4-9-21(22)23)30-24-11-6-7-12-25(24)33-3/h4-7,9-12,16,19-20H,8,13-15,17-18H2,1-3H3,(H,28,32)(H,29,30)/t19-,20+. The number of hydrogen-bond donors (Lipinski definition) is 2. The predicted molar refractivity (Wildman–Crippen MR) is 134 cm³/mol. The van der Waals surface area contributed by atoms with E-state index in [1.807, 2.05) is 48.5 Å². The summed E-state index contributed by atoms with van der Waals surface area (Å²) in [7, 11) is 1.64. The first-order valence-electron chi connectivity index (χ1n) is 11.8. The zero-order valence-corrected chi connectivity index (χ0v) is 19.8. The van der Waals surface area contributed by atoms with Gasteiger partial charge in [-0.15, -0.1) is 0 Å². The van der Waals surface area contributed by atoms with E-state index in [-0.39, 0.29) is 5.91 Å². The Bertz CT molecular complexity index is 1090. The number of anilines is 2. The lowest BCUT2D eigenvalue weighted by atomic mass is 9.92. The molecular formula is C27H34N4O2. The average Bonchev–Trinajstić information content (AvgIpc) is 2.81. The molecule has 33 heavy (non-hydrogen) atoms. The summed E-state index contributed by atoms with van der Waals surface area (Å²) in [5, 5.41) is 8.22. The number of para-hydroxylation sites is 2. The number of ether oxygens (including phenoxy) is 1. The van der Waals surface area contributed by atoms with Crippen LogP contribution in [-0.2, 0) is 0 Å². The Hall–Kier alpha value is -3.12. The largest absolute Gasteiger partial charge is 0.495 e. The van der Waals surface area contributed by atoms with Gasteiger partial charge in [-0.25, -0.2) is 4.98 Å². The topological polar surface area (TPSA) is 66.5 Å². The van der Waals surface area contributed by atoms with E-state index in [1.165, 1.54) is 6.42 Å². The van der Waals surface area contributed by atoms with Crippen LogP contribution in [0.1, 0.15) is 37.0 Å². The highest BCUT2D eigenvalue weighted by atomic mass is 16.5. The van der Waals surface area contributed by atoms with Gasteiger partial charge in [0.05, 0.1) is 18.4 Å². The molecule has 0 spiro atoms. The van der Waals surface area contributed by atoms with E-state index in [0.29, 0.717) is 17.9 Å². The fourth-order valence-electron chi connectivity index (χ4n) is 4.92. The minimum Gasteiger partial charge on any atom is -0.495 e. The van der Waals surface area contributed by atoms with Crippen LogP contribution in [0.2, 0.25) is 0 Å². The van der Waals surface area contributed by atoms with Gasteiger partial charge in [-0.1, -0.05) is 50.2 Å². The molecule has 6 nitrogen and oxygen atoms in total. The van der Waals surface area contributed by atoms with Gasteiger partial charge >= 0.3 is 0 Å². The smallest absolute Gasteiger partial charge is 0.253 e. The number of carbonyl (C=O) groups excluding carboxylic acids is 1. The van der Waals surface area contributed by atoms with Crippen molar-refractivity contribution in [3.63, 3.8) is 0 Å². The summed E-state index contributed by atoms with van der Waals surface area (Å²) in [5.41, 5.74) is 1.42. The molecule has 2 atom stereocenters. The lowest BCUT2D eigenvalue weighted by Gasteiger charge is -2.34. The van der Waals surface area contributed by atoms with Gasteiger partial charge in [0.25, 0.3) is 5.91 Å². The zero-order valence-electron chi connectivity index (χ0n) is 19.8. The number of hydrogen-bond acceptors (Lipinski definition) is 5. The molecule has 1 aliphatic rings. The fourth-order valence-corrected chi connectivity index (χ4v) is 4.92. The number of benzene rings is 2. The van der Waals surface area contributed by atoms with Crippen LogP contribution in [0.15, 0.2) is 54.7 Å². The molecule has 2 aromatic carbocycles. The SMILES string of the molecule is COc1ccccc1Nc1ncc(C(=O)NCCCN2C[C@H](C)C[C@H](C)C2)c2ccccc12. The minimum atomic E-state index is -0.0806. The maximum absolute atomic E-state index is 13.0. The number of nitrogens with one attached hydrogen (secondary N) is 2. The number of pyridine rings is 1. The lowest BCUT2D eigenvalue weighted by molar-refractivity contribution is 0.0948. The molecule has 6 heteroatoms. The molecule has 0 aliphatic carbocycles. The van der Waals surface area contributed by atoms with Gasteiger partial charge in [-0.05, 0) is 48.7 Å². The lowest BCUT2D eigenvalue weighted by Crippen LogP contribution is -2.40. The Morgan fingerprint density at radius 1 is 1.06 bits per heavy atom. The third-order valence-electron chi connectivity index (χ3n) is 6.28. The molecule has 2 N–H and O–H groups in total. The summed E-state index contributed by atoms with van der Waals surface area (Å²) in [5.74, 6) is 2.86. The number of amides is 1. The monoisotopic (exact) mass is 446 g/mol. The molecule has 0 radical (unpaired) electrons. The van der Waals surface area contributed by atoms with Crippen LogP contribution in [0.5, 0.6) is 5.75 Å². The molecule has 1 saturated heterocycles. The number of carbonyl (C=O) groups is 1. The third kappa shape index (κ3) is 5.63. The summed E-state index contributed by atoms with van der Waals surface area (Å²) in [6, 6.07) is 15.6. The van der Waals surface area contributed by atoms with Gasteiger partial charge in [0, 0.05) is 31.2 Å². The van der Waals surface area contributed by atoms with E-state index >= 15 is 0 Å². The molecular weight excluding hydrogens is 412 g/mol. The van der Waals surface area contributed by atoms with Gasteiger partial charge in [0.2, 0.25) is 0 Å². The average molecular weight is 447 g/mol. The van der Waals surface area contributed by atoms with Crippen molar-refractivity contribution in [3.8, 4) is 5.75 Å². The number of piperidine rings is 1. The molecule has 174 valence electrons. The molecule has 4 rings (SSSR count). The number of nitrogens with zero attached hydrogens (tertiary/aromatic N) is 2. The third-order valence-corrected chi connectivity index (χ3v) is 6.28. The Kier molecular flexibility index (Phi) is 7.45. The van der Waals surface area contributed by atoms with Gasteiger partial charge in [0.15, 0.2) is 0 Å². The quantitative estimate of drug-likeness (QED) is 0.472. The fraction of sp³-hybridized carbons (Fsp3) is 0.407. The molecule has 0 saturated carbocycles. The van der Waals surface area contributed by atoms with Crippen molar-refractivity contribution in [1.82, 2.24) is 15.2 Å². The van der Waals surface area contributed by atoms with E-state index in [1.54, 1.807) is 13.3 Å². The molecule has 1 aromatic heterocycles. The van der Waals surface area contributed by atoms with Crippen LogP contribution in [0, 0.1) is 11.8 Å². The second kappa shape index (κ2) is 10.7. The van der Waals surface area contributed by atoms with Gasteiger partial charge in [-0.2, -0.15) is 0 Å². The summed E-state index contributed by atoms with van der Waals surface area (Å²) in [6.45, 7) is 8.66. The Labute approximate surface area is 196 Å². The van der Waals surface area contributed by atoms with E-state index in [0.717, 1.165) is 60.1 Å². The molecule has 3 aromatic rings. The van der Waals surface area contributed by atoms with Crippen molar-refractivity contribution in [2.75, 3.05) is 38.6 Å². The summed E-state index contributed by atoms with van der Waals surface area (Å²) in [4.78, 5) is 20.1. The minimum absolute atomic E-state index is 0.0806. The van der Waals surface area contributed by atoms with Gasteiger partial charge < -0.3 is 20.3 Å². The van der Waals surface area contributed by atoms with E-state index in [4.69, 9.17) is 4.74 Å². The summed E-state index contributed by atoms with van der Waals surface area (Å²) >= 11 is 0. The van der Waals surface area contributed by atoms with Crippen LogP contribution in [0.4, 0.5) is 11.5 Å². The number of rotatable bonds is 8. The number of aromatic nitrogens is 1. The van der Waals surface area contributed by atoms with Crippen LogP contribution in [-0.4, -0.2) is 49.1 Å². The second-order valence-corrected chi connectivity index (χ2v) is 9.21. The van der Waals surface area contributed by atoms with Crippen molar-refractivity contribution in [2.24, 2.45) is 11.8 Å². The zero-order chi connectivity index (χ0) is 23.2. The summed E-state index contributed by atoms with van der Waals surface area (Å²) in [6.07, 6.45) is 3.92. The summed E-state index contributed by atoms with van der Waals surface area (Å²) < 4.78 is 5.44. The van der Waals surface area contributed by atoms with Crippen LogP contribution in [0.25, 0.3) is 10.8 Å². The second-order valence-electron chi connectivity index (χ2n) is 9.21. The molecule has 0 unspecified atom stereocenters. The highest BCUT2D eigenvalue weighted by molar-refractivity contribution is 6.09. The maximum Gasteiger partial charge on any atom is 0.253 e. The van der Waals surface area contributed by atoms with Gasteiger partial charge in [0.1, 0.15) is 11.6 Å². The Balaban J connectivity index is 1.43. The first-order valence-corrected chi connectivity index (χ1v) is 11.8. The molecule has 1 fully saturated rings. The first-order chi connectivity index (χ1) is 16.0. The predicted octanol–water partition coefficient (Wildman–Crippen LogP) is 5.08. The number of fused-ring (bicyclic) bond motifs is 1. The molecule has 1 amide bonds.